The average Bonchev–Trinajstić information content (AvgIpc) is 3.47. The average molecular weight is 640 g/mol. The van der Waals surface area contributed by atoms with Crippen molar-refractivity contribution in [1.29, 1.82) is 0 Å². The number of methoxy groups -OCH3 is 1. The van der Waals surface area contributed by atoms with Crippen LogP contribution in [-0.2, 0) is 22.8 Å². The van der Waals surface area contributed by atoms with Crippen molar-refractivity contribution >= 4 is 26.9 Å². The zero-order valence-corrected chi connectivity index (χ0v) is 27.4. The van der Waals surface area contributed by atoms with Crippen molar-refractivity contribution in [2.45, 2.75) is 42.8 Å². The van der Waals surface area contributed by atoms with Crippen molar-refractivity contribution in [3.63, 3.8) is 0 Å². The Morgan fingerprint density at radius 1 is 1.11 bits per heavy atom. The van der Waals surface area contributed by atoms with E-state index in [1.165, 1.54) is 11.1 Å². The number of hydrogen-bond donors (Lipinski definition) is 2. The Bertz CT molecular complexity index is 2040. The number of aromatic amines is 1. The number of ether oxygens (including phenoxy) is 1. The number of carbonyl (C=O) groups is 1. The molecule has 0 spiro atoms. The number of amides is 1. The summed E-state index contributed by atoms with van der Waals surface area (Å²) in [5.41, 5.74) is 7.13. The van der Waals surface area contributed by atoms with Crippen LogP contribution in [0.4, 0.5) is 0 Å². The summed E-state index contributed by atoms with van der Waals surface area (Å²) in [7, 11) is 1.25. The molecule has 5 aromatic rings. The summed E-state index contributed by atoms with van der Waals surface area (Å²) < 4.78 is 34.4. The Hall–Kier alpha value is -4.58. The molecule has 3 aromatic carbocycles. The summed E-state index contributed by atoms with van der Waals surface area (Å²) >= 11 is 0. The van der Waals surface area contributed by atoms with Gasteiger partial charge in [-0.05, 0) is 73.8 Å². The van der Waals surface area contributed by atoms with Gasteiger partial charge in [0, 0.05) is 55.1 Å². The molecule has 1 aliphatic heterocycles. The first-order valence-corrected chi connectivity index (χ1v) is 16.6. The number of H-pyrrole nitrogens is 1. The first-order chi connectivity index (χ1) is 22.0. The molecule has 2 N–H and O–H groups in total. The Balaban J connectivity index is 1.39. The third kappa shape index (κ3) is 5.89. The van der Waals surface area contributed by atoms with Crippen LogP contribution in [0.5, 0.6) is 5.75 Å². The Labute approximate surface area is 268 Å². The highest BCUT2D eigenvalue weighted by Gasteiger charge is 2.27. The molecule has 0 saturated heterocycles. The van der Waals surface area contributed by atoms with E-state index in [1.54, 1.807) is 57.6 Å². The molecule has 0 bridgehead atoms. The fraction of sp³-hybridized carbons (Fsp3) is 0.286. The van der Waals surface area contributed by atoms with Crippen LogP contribution >= 0.6 is 0 Å². The van der Waals surface area contributed by atoms with Gasteiger partial charge in [-0.25, -0.2) is 18.4 Å². The zero-order chi connectivity index (χ0) is 32.7. The topological polar surface area (TPSA) is 129 Å². The lowest BCUT2D eigenvalue weighted by molar-refractivity contribution is 0.0703. The smallest absolute Gasteiger partial charge is 0.253 e. The largest absolute Gasteiger partial charge is 0.496 e. The van der Waals surface area contributed by atoms with E-state index in [0.29, 0.717) is 27.9 Å². The molecule has 0 radical (unpaired) electrons. The van der Waals surface area contributed by atoms with Gasteiger partial charge < -0.3 is 24.6 Å². The van der Waals surface area contributed by atoms with Crippen LogP contribution < -0.4 is 4.74 Å². The maximum atomic E-state index is 14.3. The lowest BCUT2D eigenvalue weighted by Crippen LogP contribution is -2.32. The van der Waals surface area contributed by atoms with E-state index >= 15 is 0 Å². The molecule has 1 amide bonds. The third-order valence-electron chi connectivity index (χ3n) is 8.41. The van der Waals surface area contributed by atoms with Crippen molar-refractivity contribution in [3.8, 4) is 28.0 Å². The lowest BCUT2D eigenvalue weighted by Gasteiger charge is -2.27. The molecule has 6 rings (SSSR count). The maximum Gasteiger partial charge on any atom is 0.253 e. The van der Waals surface area contributed by atoms with Gasteiger partial charge in [0.05, 0.1) is 24.3 Å². The Morgan fingerprint density at radius 3 is 2.59 bits per heavy atom. The molecule has 1 aliphatic rings. The zero-order valence-electron chi connectivity index (χ0n) is 26.5. The second-order valence-electron chi connectivity index (χ2n) is 12.0. The van der Waals surface area contributed by atoms with Crippen molar-refractivity contribution in [3.05, 3.63) is 89.2 Å². The van der Waals surface area contributed by atoms with E-state index in [1.807, 2.05) is 25.1 Å². The number of aromatic nitrogens is 3. The molecule has 46 heavy (non-hydrogen) atoms. The van der Waals surface area contributed by atoms with Crippen molar-refractivity contribution in [2.75, 3.05) is 34.3 Å². The van der Waals surface area contributed by atoms with Crippen molar-refractivity contribution in [2.24, 2.45) is 0 Å². The minimum atomic E-state index is -4.10. The van der Waals surface area contributed by atoms with Crippen LogP contribution in [0.25, 0.3) is 33.4 Å². The van der Waals surface area contributed by atoms with Crippen molar-refractivity contribution in [1.82, 2.24) is 24.8 Å². The molecule has 10 nitrogen and oxygen atoms in total. The number of sulfone groups is 1. The van der Waals surface area contributed by atoms with E-state index < -0.39 is 15.9 Å². The minimum Gasteiger partial charge on any atom is -0.496 e. The van der Waals surface area contributed by atoms with Gasteiger partial charge in [-0.2, -0.15) is 0 Å². The number of nitrogens with zero attached hydrogens (tertiary/aromatic N) is 4. The number of aliphatic hydroxyl groups excluding tert-OH is 1. The van der Waals surface area contributed by atoms with E-state index in [0.717, 1.165) is 53.1 Å². The number of nitrogens with one attached hydrogen (secondary N) is 1. The summed E-state index contributed by atoms with van der Waals surface area (Å²) in [6.07, 6.45) is 3.22. The molecule has 2 aromatic heterocycles. The highest BCUT2D eigenvalue weighted by molar-refractivity contribution is 7.91. The van der Waals surface area contributed by atoms with Crippen LogP contribution in [0, 0.1) is 6.92 Å². The molecule has 0 unspecified atom stereocenters. The lowest BCUT2D eigenvalue weighted by atomic mass is 9.93. The van der Waals surface area contributed by atoms with Gasteiger partial charge >= 0.3 is 0 Å². The summed E-state index contributed by atoms with van der Waals surface area (Å²) in [4.78, 5) is 28.8. The number of fused-ring (bicyclic) bond motifs is 2. The van der Waals surface area contributed by atoms with Gasteiger partial charge in [-0.3, -0.25) is 4.79 Å². The second-order valence-corrected chi connectivity index (χ2v) is 13.9. The molecule has 0 saturated carbocycles. The number of aryl methyl sites for hydroxylation is 1. The molecular formula is C35H37N5O5S. The normalized spacial score (nSPS) is 14.2. The fourth-order valence-electron chi connectivity index (χ4n) is 6.02. The molecule has 0 fully saturated rings. The summed E-state index contributed by atoms with van der Waals surface area (Å²) in [6, 6.07) is 16.4. The summed E-state index contributed by atoms with van der Waals surface area (Å²) in [5, 5.41) is 9.48. The maximum absolute atomic E-state index is 14.3. The molecule has 0 aliphatic carbocycles. The van der Waals surface area contributed by atoms with Crippen LogP contribution in [0.15, 0.2) is 76.9 Å². The van der Waals surface area contributed by atoms with Crippen LogP contribution in [0.3, 0.4) is 0 Å². The van der Waals surface area contributed by atoms with Crippen LogP contribution in [0.1, 0.15) is 34.0 Å². The van der Waals surface area contributed by atoms with Crippen LogP contribution in [0.2, 0.25) is 0 Å². The Morgan fingerprint density at radius 2 is 1.87 bits per heavy atom. The first-order valence-electron chi connectivity index (χ1n) is 15.1. The number of hydrogen-bond acceptors (Lipinski definition) is 8. The van der Waals surface area contributed by atoms with Gasteiger partial charge in [-0.15, -0.1) is 0 Å². The number of aliphatic hydroxyl groups is 1. The fourth-order valence-corrected chi connectivity index (χ4v) is 7.47. The number of likely N-dealkylation sites (N-methyl/N-ethyl adjacent to an activating group) is 2. The second kappa shape index (κ2) is 12.3. The molecule has 238 valence electrons. The first kappa shape index (κ1) is 31.4. The molecule has 11 heteroatoms. The van der Waals surface area contributed by atoms with Crippen molar-refractivity contribution < 1.29 is 23.1 Å². The SMILES string of the molecule is COc1cc(-c2ccc(C)cc2S(=O)(=O)c2cnc3[nH]cc(-c4ccc(C(=O)N(C)C[C@H](C)O)cc4)c3n2)cc2c1CN(C)CC2. The van der Waals surface area contributed by atoms with E-state index in [4.69, 9.17) is 4.74 Å². The quantitative estimate of drug-likeness (QED) is 0.246. The summed E-state index contributed by atoms with van der Waals surface area (Å²) in [5.74, 6) is 0.529. The highest BCUT2D eigenvalue weighted by Crippen LogP contribution is 2.38. The Kier molecular flexibility index (Phi) is 8.41. The number of rotatable bonds is 8. The minimum absolute atomic E-state index is 0.150. The predicted molar refractivity (Wildman–Crippen MR) is 177 cm³/mol. The summed E-state index contributed by atoms with van der Waals surface area (Å²) in [6.45, 7) is 5.39. The van der Waals surface area contributed by atoms with E-state index in [2.05, 4.69) is 33.0 Å². The van der Waals surface area contributed by atoms with Gasteiger partial charge in [0.15, 0.2) is 10.7 Å². The molecular weight excluding hydrogens is 602 g/mol. The number of benzene rings is 3. The van der Waals surface area contributed by atoms with Gasteiger partial charge in [0.2, 0.25) is 9.84 Å². The van der Waals surface area contributed by atoms with Gasteiger partial charge in [0.25, 0.3) is 5.91 Å². The monoisotopic (exact) mass is 639 g/mol. The van der Waals surface area contributed by atoms with E-state index in [9.17, 15) is 18.3 Å². The van der Waals surface area contributed by atoms with E-state index in [-0.39, 0.29) is 22.4 Å². The van der Waals surface area contributed by atoms with Gasteiger partial charge in [-0.1, -0.05) is 30.3 Å². The highest BCUT2D eigenvalue weighted by atomic mass is 32.2. The molecule has 1 atom stereocenters. The molecule has 3 heterocycles. The predicted octanol–water partition coefficient (Wildman–Crippen LogP) is 4.88. The number of carbonyl (C=O) groups excluding carboxylic acids is 1. The third-order valence-corrected chi connectivity index (χ3v) is 10.1. The standard InChI is InChI=1S/C35H37N5O5S/c1-21-6-11-27(26-15-25-12-13-39(3)20-29(25)30(16-26)45-5)31(14-21)46(43,44)32-18-37-34-33(38-32)28(17-36-34)23-7-9-24(10-8-23)35(42)40(4)19-22(2)41/h6-11,14-18,22,41H,12-13,19-20H2,1-5H3,(H,36,37)/t22-/m0/s1. The van der Waals surface area contributed by atoms with Gasteiger partial charge in [0.1, 0.15) is 11.3 Å². The van der Waals surface area contributed by atoms with Crippen LogP contribution in [-0.4, -0.2) is 84.6 Å².